The Morgan fingerprint density at radius 1 is 1.11 bits per heavy atom. The van der Waals surface area contributed by atoms with Crippen LogP contribution in [0.25, 0.3) is 10.9 Å². The first-order chi connectivity index (χ1) is 9.27. The molecule has 0 atom stereocenters. The SMILES string of the molecule is O=C(c1ccccc1)c1c[nH]c2cnccc2c1=O. The topological polar surface area (TPSA) is 62.8 Å². The molecule has 0 aliphatic carbocycles. The Hall–Kier alpha value is -2.75. The maximum Gasteiger partial charge on any atom is 0.200 e. The van der Waals surface area contributed by atoms with Crippen LogP contribution in [0.4, 0.5) is 0 Å². The Morgan fingerprint density at radius 2 is 1.89 bits per heavy atom. The Balaban J connectivity index is 2.19. The monoisotopic (exact) mass is 250 g/mol. The molecule has 2 heterocycles. The molecule has 1 aromatic carbocycles. The highest BCUT2D eigenvalue weighted by Gasteiger charge is 2.14. The van der Waals surface area contributed by atoms with Gasteiger partial charge in [0.25, 0.3) is 0 Å². The number of hydrogen-bond donors (Lipinski definition) is 1. The molecule has 0 aliphatic heterocycles. The lowest BCUT2D eigenvalue weighted by Gasteiger charge is -2.02. The van der Waals surface area contributed by atoms with Crippen molar-refractivity contribution in [1.29, 1.82) is 0 Å². The molecular formula is C15H10N2O2. The van der Waals surface area contributed by atoms with Crippen LogP contribution in [0.2, 0.25) is 0 Å². The molecule has 2 aromatic heterocycles. The second-order valence-corrected chi connectivity index (χ2v) is 4.15. The van der Waals surface area contributed by atoms with Gasteiger partial charge in [-0.25, -0.2) is 0 Å². The van der Waals surface area contributed by atoms with E-state index in [0.717, 1.165) is 0 Å². The predicted molar refractivity (Wildman–Crippen MR) is 72.2 cm³/mol. The lowest BCUT2D eigenvalue weighted by Crippen LogP contribution is -2.16. The normalized spacial score (nSPS) is 10.5. The van der Waals surface area contributed by atoms with Crippen molar-refractivity contribution in [3.8, 4) is 0 Å². The molecule has 0 fully saturated rings. The zero-order chi connectivity index (χ0) is 13.2. The van der Waals surface area contributed by atoms with E-state index in [1.54, 1.807) is 36.5 Å². The Kier molecular flexibility index (Phi) is 2.68. The molecular weight excluding hydrogens is 240 g/mol. The maximum atomic E-state index is 12.3. The number of rotatable bonds is 2. The third kappa shape index (κ3) is 1.93. The fourth-order valence-corrected chi connectivity index (χ4v) is 1.98. The van der Waals surface area contributed by atoms with Crippen molar-refractivity contribution < 1.29 is 4.79 Å². The largest absolute Gasteiger partial charge is 0.359 e. The zero-order valence-corrected chi connectivity index (χ0v) is 9.96. The highest BCUT2D eigenvalue weighted by molar-refractivity contribution is 6.09. The van der Waals surface area contributed by atoms with Gasteiger partial charge in [-0.3, -0.25) is 14.6 Å². The number of hydrogen-bond acceptors (Lipinski definition) is 3. The Labute approximate surface area is 108 Å². The van der Waals surface area contributed by atoms with Crippen molar-refractivity contribution in [3.63, 3.8) is 0 Å². The summed E-state index contributed by atoms with van der Waals surface area (Å²) >= 11 is 0. The summed E-state index contributed by atoms with van der Waals surface area (Å²) in [7, 11) is 0. The third-order valence-corrected chi connectivity index (χ3v) is 2.96. The number of H-pyrrole nitrogens is 1. The number of aromatic nitrogens is 2. The van der Waals surface area contributed by atoms with Gasteiger partial charge >= 0.3 is 0 Å². The van der Waals surface area contributed by atoms with E-state index in [-0.39, 0.29) is 16.8 Å². The van der Waals surface area contributed by atoms with Crippen molar-refractivity contribution in [3.05, 3.63) is 76.3 Å². The van der Waals surface area contributed by atoms with E-state index in [4.69, 9.17) is 0 Å². The van der Waals surface area contributed by atoms with Crippen LogP contribution < -0.4 is 5.43 Å². The fourth-order valence-electron chi connectivity index (χ4n) is 1.98. The highest BCUT2D eigenvalue weighted by Crippen LogP contribution is 2.09. The summed E-state index contributed by atoms with van der Waals surface area (Å²) in [5.74, 6) is -0.277. The number of nitrogens with zero attached hydrogens (tertiary/aromatic N) is 1. The number of benzene rings is 1. The molecule has 3 rings (SSSR count). The van der Waals surface area contributed by atoms with Gasteiger partial charge in [0, 0.05) is 23.3 Å². The lowest BCUT2D eigenvalue weighted by molar-refractivity contribution is 0.103. The summed E-state index contributed by atoms with van der Waals surface area (Å²) in [5.41, 5.74) is 0.994. The highest BCUT2D eigenvalue weighted by atomic mass is 16.1. The van der Waals surface area contributed by atoms with Crippen LogP contribution in [0.1, 0.15) is 15.9 Å². The number of pyridine rings is 2. The van der Waals surface area contributed by atoms with Gasteiger partial charge in [-0.1, -0.05) is 30.3 Å². The van der Waals surface area contributed by atoms with Crippen LogP contribution in [0, 0.1) is 0 Å². The van der Waals surface area contributed by atoms with Crippen LogP contribution in [0.15, 0.2) is 59.8 Å². The lowest BCUT2D eigenvalue weighted by atomic mass is 10.0. The van der Waals surface area contributed by atoms with E-state index in [2.05, 4.69) is 9.97 Å². The summed E-state index contributed by atoms with van der Waals surface area (Å²) < 4.78 is 0. The second kappa shape index (κ2) is 4.49. The molecule has 0 radical (unpaired) electrons. The van der Waals surface area contributed by atoms with Crippen molar-refractivity contribution in [1.82, 2.24) is 9.97 Å². The van der Waals surface area contributed by atoms with Crippen molar-refractivity contribution >= 4 is 16.7 Å². The first-order valence-electron chi connectivity index (χ1n) is 5.82. The van der Waals surface area contributed by atoms with Crippen LogP contribution in [-0.4, -0.2) is 15.8 Å². The molecule has 1 N–H and O–H groups in total. The number of carbonyl (C=O) groups excluding carboxylic acids is 1. The summed E-state index contributed by atoms with van der Waals surface area (Å²) in [4.78, 5) is 31.4. The molecule has 4 heteroatoms. The molecule has 4 nitrogen and oxygen atoms in total. The molecule has 0 unspecified atom stereocenters. The van der Waals surface area contributed by atoms with E-state index < -0.39 is 0 Å². The number of ketones is 1. The average molecular weight is 250 g/mol. The smallest absolute Gasteiger partial charge is 0.200 e. The molecule has 0 saturated carbocycles. The summed E-state index contributed by atoms with van der Waals surface area (Å²) in [6.07, 6.45) is 4.55. The molecule has 0 saturated heterocycles. The second-order valence-electron chi connectivity index (χ2n) is 4.15. The minimum atomic E-state index is -0.277. The standard InChI is InChI=1S/C15H10N2O2/c18-14(10-4-2-1-3-5-10)12-8-17-13-9-16-7-6-11(13)15(12)19/h1-9H,(H,17,19). The van der Waals surface area contributed by atoms with Gasteiger partial charge < -0.3 is 4.98 Å². The van der Waals surface area contributed by atoms with E-state index in [9.17, 15) is 9.59 Å². The van der Waals surface area contributed by atoms with Crippen LogP contribution in [-0.2, 0) is 0 Å². The van der Waals surface area contributed by atoms with Gasteiger partial charge in [0.05, 0.1) is 17.3 Å². The summed E-state index contributed by atoms with van der Waals surface area (Å²) in [6, 6.07) is 10.4. The van der Waals surface area contributed by atoms with Gasteiger partial charge in [-0.15, -0.1) is 0 Å². The summed E-state index contributed by atoms with van der Waals surface area (Å²) in [6.45, 7) is 0. The predicted octanol–water partition coefficient (Wildman–Crippen LogP) is 2.15. The van der Waals surface area contributed by atoms with Crippen LogP contribution >= 0.6 is 0 Å². The molecule has 0 amide bonds. The quantitative estimate of drug-likeness (QED) is 0.709. The minimum absolute atomic E-state index is 0.143. The number of aromatic amines is 1. The van der Waals surface area contributed by atoms with E-state index >= 15 is 0 Å². The molecule has 0 bridgehead atoms. The third-order valence-electron chi connectivity index (χ3n) is 2.96. The molecule has 3 aromatic rings. The average Bonchev–Trinajstić information content (AvgIpc) is 2.48. The zero-order valence-electron chi connectivity index (χ0n) is 9.96. The Morgan fingerprint density at radius 3 is 2.68 bits per heavy atom. The van der Waals surface area contributed by atoms with Gasteiger partial charge in [0.1, 0.15) is 0 Å². The first kappa shape index (κ1) is 11.3. The van der Waals surface area contributed by atoms with Gasteiger partial charge in [0.15, 0.2) is 5.78 Å². The molecule has 0 aliphatic rings. The molecule has 0 spiro atoms. The van der Waals surface area contributed by atoms with Crippen LogP contribution in [0.5, 0.6) is 0 Å². The maximum absolute atomic E-state index is 12.3. The first-order valence-corrected chi connectivity index (χ1v) is 5.82. The number of nitrogens with one attached hydrogen (secondary N) is 1. The van der Waals surface area contributed by atoms with Crippen molar-refractivity contribution in [2.45, 2.75) is 0 Å². The van der Waals surface area contributed by atoms with Gasteiger partial charge in [-0.2, -0.15) is 0 Å². The molecule has 19 heavy (non-hydrogen) atoms. The van der Waals surface area contributed by atoms with Gasteiger partial charge in [0.2, 0.25) is 5.43 Å². The minimum Gasteiger partial charge on any atom is -0.359 e. The van der Waals surface area contributed by atoms with Gasteiger partial charge in [-0.05, 0) is 6.07 Å². The van der Waals surface area contributed by atoms with E-state index in [1.807, 2.05) is 6.07 Å². The fraction of sp³-hybridized carbons (Fsp3) is 0. The number of fused-ring (bicyclic) bond motifs is 1. The number of carbonyl (C=O) groups is 1. The van der Waals surface area contributed by atoms with E-state index in [1.165, 1.54) is 12.4 Å². The molecule has 92 valence electrons. The van der Waals surface area contributed by atoms with Crippen molar-refractivity contribution in [2.75, 3.05) is 0 Å². The van der Waals surface area contributed by atoms with Crippen molar-refractivity contribution in [2.24, 2.45) is 0 Å². The van der Waals surface area contributed by atoms with Crippen LogP contribution in [0.3, 0.4) is 0 Å². The summed E-state index contributed by atoms with van der Waals surface area (Å²) in [5, 5.41) is 0.469. The Bertz CT molecular complexity index is 807. The van der Waals surface area contributed by atoms with E-state index in [0.29, 0.717) is 16.5 Å².